The molecule has 1 aromatic rings. The maximum Gasteiger partial charge on any atom is 0.305 e. The molecule has 1 N–H and O–H groups in total. The van der Waals surface area contributed by atoms with Gasteiger partial charge in [0.1, 0.15) is 4.88 Å². The summed E-state index contributed by atoms with van der Waals surface area (Å²) < 4.78 is 4.77. The predicted octanol–water partition coefficient (Wildman–Crippen LogP) is 2.47. The molecule has 0 atom stereocenters. The van der Waals surface area contributed by atoms with Crippen molar-refractivity contribution in [2.24, 2.45) is 0 Å². The Balaban J connectivity index is 2.21. The van der Waals surface area contributed by atoms with E-state index in [4.69, 9.17) is 16.3 Å². The molecule has 0 fully saturated rings. The van der Waals surface area contributed by atoms with E-state index in [1.54, 1.807) is 18.4 Å². The van der Waals surface area contributed by atoms with E-state index < -0.39 is 0 Å². The summed E-state index contributed by atoms with van der Waals surface area (Å²) in [5, 5.41) is 4.92. The van der Waals surface area contributed by atoms with Gasteiger partial charge in [0.15, 0.2) is 0 Å². The molecular formula is C11H14ClNO3S. The Morgan fingerprint density at radius 2 is 2.29 bits per heavy atom. The molecule has 0 unspecified atom stereocenters. The van der Waals surface area contributed by atoms with Crippen LogP contribution in [-0.4, -0.2) is 25.0 Å². The van der Waals surface area contributed by atoms with Crippen molar-refractivity contribution >= 4 is 34.8 Å². The van der Waals surface area contributed by atoms with Crippen LogP contribution in [0.2, 0.25) is 5.02 Å². The highest BCUT2D eigenvalue weighted by Crippen LogP contribution is 2.21. The molecule has 1 amide bonds. The van der Waals surface area contributed by atoms with Crippen LogP contribution in [0.1, 0.15) is 29.4 Å². The van der Waals surface area contributed by atoms with E-state index >= 15 is 0 Å². The zero-order valence-electron chi connectivity index (χ0n) is 9.49. The third-order valence-corrected chi connectivity index (χ3v) is 3.31. The fourth-order valence-electron chi connectivity index (χ4n) is 1.20. The smallest absolute Gasteiger partial charge is 0.305 e. The molecule has 0 radical (unpaired) electrons. The highest BCUT2D eigenvalue weighted by molar-refractivity contribution is 7.12. The summed E-state index contributed by atoms with van der Waals surface area (Å²) in [6.07, 6.45) is 0.875. The molecule has 1 rings (SSSR count). The third-order valence-electron chi connectivity index (χ3n) is 1.97. The number of hydrogen-bond acceptors (Lipinski definition) is 4. The summed E-state index contributed by atoms with van der Waals surface area (Å²) in [4.78, 5) is 23.1. The van der Waals surface area contributed by atoms with Crippen molar-refractivity contribution in [1.82, 2.24) is 5.32 Å². The zero-order chi connectivity index (χ0) is 12.7. The summed E-state index contributed by atoms with van der Waals surface area (Å²) in [6.45, 7) is 2.58. The quantitative estimate of drug-likeness (QED) is 0.641. The fraction of sp³-hybridized carbons (Fsp3) is 0.455. The topological polar surface area (TPSA) is 55.4 Å². The molecule has 0 bridgehead atoms. The van der Waals surface area contributed by atoms with Crippen molar-refractivity contribution in [3.8, 4) is 0 Å². The van der Waals surface area contributed by atoms with Crippen LogP contribution in [0.25, 0.3) is 0 Å². The van der Waals surface area contributed by atoms with Gasteiger partial charge in [-0.15, -0.1) is 11.3 Å². The molecule has 0 aliphatic carbocycles. The Morgan fingerprint density at radius 3 is 2.88 bits per heavy atom. The maximum atomic E-state index is 11.6. The Bertz CT molecular complexity index is 392. The lowest BCUT2D eigenvalue weighted by Gasteiger charge is -2.04. The van der Waals surface area contributed by atoms with E-state index in [0.29, 0.717) is 35.9 Å². The Morgan fingerprint density at radius 1 is 1.53 bits per heavy atom. The number of ether oxygens (including phenoxy) is 1. The van der Waals surface area contributed by atoms with Gasteiger partial charge in [-0.3, -0.25) is 9.59 Å². The van der Waals surface area contributed by atoms with Gasteiger partial charge >= 0.3 is 5.97 Å². The number of thiophene rings is 1. The minimum absolute atomic E-state index is 0.200. The van der Waals surface area contributed by atoms with E-state index in [1.807, 2.05) is 0 Å². The van der Waals surface area contributed by atoms with Gasteiger partial charge in [0.05, 0.1) is 11.6 Å². The number of hydrogen-bond donors (Lipinski definition) is 1. The van der Waals surface area contributed by atoms with Crippen LogP contribution in [0.5, 0.6) is 0 Å². The lowest BCUT2D eigenvalue weighted by Crippen LogP contribution is -2.24. The average molecular weight is 276 g/mol. The fourth-order valence-corrected chi connectivity index (χ4v) is 2.26. The molecule has 0 aliphatic heterocycles. The van der Waals surface area contributed by atoms with E-state index in [9.17, 15) is 9.59 Å². The standard InChI is InChI=1S/C11H14ClNO3S/c1-2-16-9(14)4-3-6-13-11(15)10-8(12)5-7-17-10/h5,7H,2-4,6H2,1H3,(H,13,15). The second-order valence-electron chi connectivity index (χ2n) is 3.26. The van der Waals surface area contributed by atoms with E-state index in [1.165, 1.54) is 11.3 Å². The van der Waals surface area contributed by atoms with Crippen molar-refractivity contribution < 1.29 is 14.3 Å². The molecule has 0 aromatic carbocycles. The Hall–Kier alpha value is -1.07. The Kier molecular flexibility index (Phi) is 6.00. The first-order valence-electron chi connectivity index (χ1n) is 5.32. The van der Waals surface area contributed by atoms with Crippen molar-refractivity contribution in [2.45, 2.75) is 19.8 Å². The summed E-state index contributed by atoms with van der Waals surface area (Å²) in [7, 11) is 0. The Labute approximate surface area is 109 Å². The molecule has 0 spiro atoms. The average Bonchev–Trinajstić information content (AvgIpc) is 2.71. The number of amides is 1. The number of nitrogens with one attached hydrogen (secondary N) is 1. The van der Waals surface area contributed by atoms with Crippen LogP contribution in [0.15, 0.2) is 11.4 Å². The van der Waals surface area contributed by atoms with Gasteiger partial charge in [0.25, 0.3) is 5.91 Å². The molecular weight excluding hydrogens is 262 g/mol. The van der Waals surface area contributed by atoms with Crippen molar-refractivity contribution in [1.29, 1.82) is 0 Å². The summed E-state index contributed by atoms with van der Waals surface area (Å²) >= 11 is 7.11. The van der Waals surface area contributed by atoms with Crippen molar-refractivity contribution in [3.63, 3.8) is 0 Å². The molecule has 6 heteroatoms. The van der Waals surface area contributed by atoms with Crippen LogP contribution in [0, 0.1) is 0 Å². The molecule has 0 aliphatic rings. The van der Waals surface area contributed by atoms with Gasteiger partial charge in [0, 0.05) is 13.0 Å². The number of carbonyl (C=O) groups excluding carboxylic acids is 2. The monoisotopic (exact) mass is 275 g/mol. The normalized spacial score (nSPS) is 10.0. The van der Waals surface area contributed by atoms with Gasteiger partial charge in [-0.2, -0.15) is 0 Å². The second kappa shape index (κ2) is 7.29. The van der Waals surface area contributed by atoms with Crippen LogP contribution in [0.4, 0.5) is 0 Å². The molecule has 0 saturated heterocycles. The lowest BCUT2D eigenvalue weighted by molar-refractivity contribution is -0.143. The molecule has 0 saturated carbocycles. The third kappa shape index (κ3) is 4.75. The van der Waals surface area contributed by atoms with Gasteiger partial charge in [-0.05, 0) is 24.8 Å². The first-order valence-corrected chi connectivity index (χ1v) is 6.57. The number of esters is 1. The van der Waals surface area contributed by atoms with Crippen molar-refractivity contribution in [3.05, 3.63) is 21.3 Å². The lowest BCUT2D eigenvalue weighted by atomic mass is 10.3. The van der Waals surface area contributed by atoms with Gasteiger partial charge in [0.2, 0.25) is 0 Å². The summed E-state index contributed by atoms with van der Waals surface area (Å²) in [5.41, 5.74) is 0. The van der Waals surface area contributed by atoms with E-state index in [2.05, 4.69) is 5.32 Å². The molecule has 1 heterocycles. The molecule has 1 aromatic heterocycles. The molecule has 94 valence electrons. The van der Waals surface area contributed by atoms with Gasteiger partial charge < -0.3 is 10.1 Å². The van der Waals surface area contributed by atoms with E-state index in [0.717, 1.165) is 0 Å². The predicted molar refractivity (Wildman–Crippen MR) is 67.5 cm³/mol. The first kappa shape index (κ1) is 14.0. The van der Waals surface area contributed by atoms with Crippen LogP contribution < -0.4 is 5.32 Å². The number of rotatable bonds is 6. The number of carbonyl (C=O) groups is 2. The maximum absolute atomic E-state index is 11.6. The summed E-state index contributed by atoms with van der Waals surface area (Å²) in [6, 6.07) is 1.68. The van der Waals surface area contributed by atoms with Crippen LogP contribution in [0.3, 0.4) is 0 Å². The summed E-state index contributed by atoms with van der Waals surface area (Å²) in [5.74, 6) is -0.440. The van der Waals surface area contributed by atoms with Crippen molar-refractivity contribution in [2.75, 3.05) is 13.2 Å². The minimum Gasteiger partial charge on any atom is -0.466 e. The second-order valence-corrected chi connectivity index (χ2v) is 4.59. The SMILES string of the molecule is CCOC(=O)CCCNC(=O)c1sccc1Cl. The first-order chi connectivity index (χ1) is 8.15. The molecule has 17 heavy (non-hydrogen) atoms. The van der Waals surface area contributed by atoms with Crippen LogP contribution in [-0.2, 0) is 9.53 Å². The van der Waals surface area contributed by atoms with E-state index in [-0.39, 0.29) is 11.9 Å². The largest absolute Gasteiger partial charge is 0.466 e. The zero-order valence-corrected chi connectivity index (χ0v) is 11.1. The molecule has 4 nitrogen and oxygen atoms in total. The number of halogens is 1. The highest BCUT2D eigenvalue weighted by Gasteiger charge is 2.11. The minimum atomic E-state index is -0.240. The highest BCUT2D eigenvalue weighted by atomic mass is 35.5. The van der Waals surface area contributed by atoms with Gasteiger partial charge in [-0.1, -0.05) is 11.6 Å². The van der Waals surface area contributed by atoms with Gasteiger partial charge in [-0.25, -0.2) is 0 Å². The van der Waals surface area contributed by atoms with Crippen LogP contribution >= 0.6 is 22.9 Å².